The van der Waals surface area contributed by atoms with E-state index in [0.717, 1.165) is 33.1 Å². The van der Waals surface area contributed by atoms with Gasteiger partial charge in [-0.3, -0.25) is 0 Å². The summed E-state index contributed by atoms with van der Waals surface area (Å²) in [5.41, 5.74) is 1.06. The van der Waals surface area contributed by atoms with Gasteiger partial charge in [-0.1, -0.05) is 15.9 Å². The molecule has 1 aliphatic rings. The molecule has 106 valence electrons. The van der Waals surface area contributed by atoms with E-state index in [-0.39, 0.29) is 6.04 Å². The molecule has 0 saturated heterocycles. The Morgan fingerprint density at radius 3 is 2.45 bits per heavy atom. The van der Waals surface area contributed by atoms with E-state index in [1.54, 1.807) is 0 Å². The van der Waals surface area contributed by atoms with Gasteiger partial charge in [0, 0.05) is 4.47 Å². The third-order valence-electron chi connectivity index (χ3n) is 3.31. The minimum absolute atomic E-state index is 0.0334. The van der Waals surface area contributed by atoms with Crippen LogP contribution in [0.25, 0.3) is 0 Å². The van der Waals surface area contributed by atoms with E-state index in [1.165, 1.54) is 0 Å². The Morgan fingerprint density at radius 2 is 1.85 bits per heavy atom. The van der Waals surface area contributed by atoms with Crippen LogP contribution < -0.4 is 14.8 Å². The number of ether oxygens (including phenoxy) is 2. The molecule has 4 nitrogen and oxygen atoms in total. The summed E-state index contributed by atoms with van der Waals surface area (Å²) in [7, 11) is 1.91. The number of hydrogen-bond donors (Lipinski definition) is 1. The minimum Gasteiger partial charge on any atom is -0.486 e. The summed E-state index contributed by atoms with van der Waals surface area (Å²) in [4.78, 5) is 0. The van der Waals surface area contributed by atoms with Crippen LogP contribution in [-0.2, 0) is 0 Å². The largest absolute Gasteiger partial charge is 0.486 e. The molecule has 20 heavy (non-hydrogen) atoms. The molecule has 1 atom stereocenters. The van der Waals surface area contributed by atoms with Crippen LogP contribution in [0.4, 0.5) is 0 Å². The molecule has 2 aromatic rings. The number of benzene rings is 1. The third kappa shape index (κ3) is 2.43. The molecule has 1 unspecified atom stereocenters. The van der Waals surface area contributed by atoms with Crippen LogP contribution in [-0.4, -0.2) is 20.3 Å². The zero-order chi connectivity index (χ0) is 14.1. The lowest BCUT2D eigenvalue weighted by Gasteiger charge is -2.22. The van der Waals surface area contributed by atoms with E-state index in [9.17, 15) is 0 Å². The number of fused-ring (bicyclic) bond motifs is 1. The molecular weight excluding hydrogens is 322 g/mol. The number of aryl methyl sites for hydroxylation is 1. The Bertz CT molecular complexity index is 624. The predicted octanol–water partition coefficient (Wildman–Crippen LogP) is 3.43. The Hall–Kier alpha value is -1.46. The van der Waals surface area contributed by atoms with Crippen LogP contribution in [0.5, 0.6) is 11.5 Å². The van der Waals surface area contributed by atoms with Crippen molar-refractivity contribution in [3.63, 3.8) is 0 Å². The molecule has 1 aromatic heterocycles. The fourth-order valence-electron chi connectivity index (χ4n) is 2.36. The Morgan fingerprint density at radius 1 is 1.15 bits per heavy atom. The van der Waals surface area contributed by atoms with Crippen molar-refractivity contribution >= 4 is 15.9 Å². The van der Waals surface area contributed by atoms with Gasteiger partial charge in [0.15, 0.2) is 11.5 Å². The van der Waals surface area contributed by atoms with Gasteiger partial charge in [-0.25, -0.2) is 0 Å². The lowest BCUT2D eigenvalue weighted by molar-refractivity contribution is 0.171. The van der Waals surface area contributed by atoms with E-state index in [2.05, 4.69) is 21.2 Å². The summed E-state index contributed by atoms with van der Waals surface area (Å²) in [6, 6.07) is 7.86. The third-order valence-corrected chi connectivity index (χ3v) is 3.99. The van der Waals surface area contributed by atoms with Gasteiger partial charge in [0.1, 0.15) is 24.7 Å². The van der Waals surface area contributed by atoms with E-state index >= 15 is 0 Å². The normalized spacial score (nSPS) is 15.2. The fraction of sp³-hybridized carbons (Fsp3) is 0.333. The second-order valence-corrected chi connectivity index (χ2v) is 5.54. The number of nitrogens with one attached hydrogen (secondary N) is 1. The molecule has 2 heterocycles. The first-order chi connectivity index (χ1) is 9.69. The first-order valence-electron chi connectivity index (χ1n) is 6.51. The lowest BCUT2D eigenvalue weighted by Crippen LogP contribution is -2.19. The van der Waals surface area contributed by atoms with E-state index < -0.39 is 0 Å². The van der Waals surface area contributed by atoms with Crippen molar-refractivity contribution in [2.45, 2.75) is 13.0 Å². The average Bonchev–Trinajstić information content (AvgIpc) is 2.86. The molecule has 0 amide bonds. The van der Waals surface area contributed by atoms with Gasteiger partial charge < -0.3 is 19.2 Å². The van der Waals surface area contributed by atoms with E-state index in [0.29, 0.717) is 13.2 Å². The van der Waals surface area contributed by atoms with Crippen LogP contribution in [0.15, 0.2) is 33.2 Å². The molecule has 0 bridgehead atoms. The summed E-state index contributed by atoms with van der Waals surface area (Å²) in [5.74, 6) is 3.33. The molecule has 1 aliphatic heterocycles. The lowest BCUT2D eigenvalue weighted by atomic mass is 10.0. The summed E-state index contributed by atoms with van der Waals surface area (Å²) in [6.45, 7) is 3.11. The minimum atomic E-state index is -0.0334. The first-order valence-corrected chi connectivity index (χ1v) is 7.31. The molecule has 1 N–H and O–H groups in total. The highest BCUT2D eigenvalue weighted by atomic mass is 79.9. The van der Waals surface area contributed by atoms with Crippen molar-refractivity contribution in [1.82, 2.24) is 5.32 Å². The molecule has 3 rings (SSSR count). The van der Waals surface area contributed by atoms with E-state index in [4.69, 9.17) is 13.9 Å². The predicted molar refractivity (Wildman–Crippen MR) is 79.5 cm³/mol. The molecule has 0 radical (unpaired) electrons. The van der Waals surface area contributed by atoms with Crippen LogP contribution in [0.2, 0.25) is 0 Å². The standard InChI is InChI=1S/C15H16BrNO3/c1-9-3-4-12(20-9)15(17-2)10-7-13-14(8-11(10)16)19-6-5-18-13/h3-4,7-8,15,17H,5-6H2,1-2H3. The molecule has 5 heteroatoms. The summed E-state index contributed by atoms with van der Waals surface area (Å²) >= 11 is 3.60. The fourth-order valence-corrected chi connectivity index (χ4v) is 2.91. The summed E-state index contributed by atoms with van der Waals surface area (Å²) in [5, 5.41) is 3.28. The molecule has 0 saturated carbocycles. The zero-order valence-corrected chi connectivity index (χ0v) is 13.0. The highest BCUT2D eigenvalue weighted by Gasteiger charge is 2.22. The maximum absolute atomic E-state index is 5.73. The van der Waals surface area contributed by atoms with Gasteiger partial charge in [-0.15, -0.1) is 0 Å². The van der Waals surface area contributed by atoms with Crippen molar-refractivity contribution in [3.05, 3.63) is 45.8 Å². The van der Waals surface area contributed by atoms with Crippen LogP contribution in [0.1, 0.15) is 23.1 Å². The molecule has 0 aliphatic carbocycles. The topological polar surface area (TPSA) is 43.6 Å². The molecule has 0 fully saturated rings. The maximum atomic E-state index is 5.73. The van der Waals surface area contributed by atoms with E-state index in [1.807, 2.05) is 38.2 Å². The van der Waals surface area contributed by atoms with Crippen molar-refractivity contribution in [1.29, 1.82) is 0 Å². The van der Waals surface area contributed by atoms with Crippen molar-refractivity contribution < 1.29 is 13.9 Å². The van der Waals surface area contributed by atoms with Gasteiger partial charge >= 0.3 is 0 Å². The van der Waals surface area contributed by atoms with Gasteiger partial charge in [-0.05, 0) is 43.8 Å². The van der Waals surface area contributed by atoms with Gasteiger partial charge in [0.25, 0.3) is 0 Å². The second kappa shape index (κ2) is 5.50. The molecule has 1 aromatic carbocycles. The molecule has 0 spiro atoms. The van der Waals surface area contributed by atoms with Crippen molar-refractivity contribution in [2.24, 2.45) is 0 Å². The van der Waals surface area contributed by atoms with Crippen LogP contribution in [0, 0.1) is 6.92 Å². The number of furan rings is 1. The quantitative estimate of drug-likeness (QED) is 0.931. The smallest absolute Gasteiger partial charge is 0.162 e. The summed E-state index contributed by atoms with van der Waals surface area (Å²) in [6.07, 6.45) is 0. The monoisotopic (exact) mass is 337 g/mol. The number of hydrogen-bond acceptors (Lipinski definition) is 4. The maximum Gasteiger partial charge on any atom is 0.162 e. The number of halogens is 1. The van der Waals surface area contributed by atoms with Crippen LogP contribution >= 0.6 is 15.9 Å². The molecular formula is C15H16BrNO3. The first kappa shape index (κ1) is 13.5. The van der Waals surface area contributed by atoms with Gasteiger partial charge in [0.2, 0.25) is 0 Å². The average molecular weight is 338 g/mol. The Balaban J connectivity index is 2.03. The van der Waals surface area contributed by atoms with Crippen LogP contribution in [0.3, 0.4) is 0 Å². The van der Waals surface area contributed by atoms with Crippen molar-refractivity contribution in [3.8, 4) is 11.5 Å². The van der Waals surface area contributed by atoms with Crippen molar-refractivity contribution in [2.75, 3.05) is 20.3 Å². The Kier molecular flexibility index (Phi) is 3.72. The summed E-state index contributed by atoms with van der Waals surface area (Å²) < 4.78 is 17.9. The SMILES string of the molecule is CNC(c1ccc(C)o1)c1cc2c(cc1Br)OCCO2. The highest BCUT2D eigenvalue weighted by Crippen LogP contribution is 2.39. The number of rotatable bonds is 3. The van der Waals surface area contributed by atoms with Gasteiger partial charge in [-0.2, -0.15) is 0 Å². The highest BCUT2D eigenvalue weighted by molar-refractivity contribution is 9.10. The zero-order valence-electron chi connectivity index (χ0n) is 11.4. The van der Waals surface area contributed by atoms with Gasteiger partial charge in [0.05, 0.1) is 6.04 Å². The Labute approximate surface area is 126 Å². The second-order valence-electron chi connectivity index (χ2n) is 4.69.